The van der Waals surface area contributed by atoms with Crippen molar-refractivity contribution in [3.8, 4) is 0 Å². The standard InChI is InChI=1S/C10H16FNO2/c1-7-4-5-12(6-9(7)11)10(13)14-8-2-3-8/h7-9H,2-6H2,1H3. The molecule has 2 fully saturated rings. The Morgan fingerprint density at radius 1 is 1.43 bits per heavy atom. The Labute approximate surface area is 83.2 Å². The number of hydrogen-bond donors (Lipinski definition) is 0. The van der Waals surface area contributed by atoms with Crippen LogP contribution in [-0.2, 0) is 4.74 Å². The molecule has 0 bridgehead atoms. The second-order valence-electron chi connectivity index (χ2n) is 4.31. The number of carbonyl (C=O) groups excluding carboxylic acids is 1. The number of ether oxygens (including phenoxy) is 1. The number of likely N-dealkylation sites (tertiary alicyclic amines) is 1. The van der Waals surface area contributed by atoms with Crippen molar-refractivity contribution in [2.45, 2.75) is 38.5 Å². The predicted octanol–water partition coefficient (Wildman–Crippen LogP) is 1.97. The highest BCUT2D eigenvalue weighted by Crippen LogP contribution is 2.26. The average Bonchev–Trinajstić information content (AvgIpc) is 2.93. The van der Waals surface area contributed by atoms with Crippen molar-refractivity contribution in [1.82, 2.24) is 4.90 Å². The summed E-state index contributed by atoms with van der Waals surface area (Å²) in [6.07, 6.45) is 1.56. The fraction of sp³-hybridized carbons (Fsp3) is 0.900. The van der Waals surface area contributed by atoms with Gasteiger partial charge in [-0.2, -0.15) is 0 Å². The van der Waals surface area contributed by atoms with Crippen LogP contribution in [-0.4, -0.2) is 36.4 Å². The lowest BCUT2D eigenvalue weighted by atomic mass is 9.98. The van der Waals surface area contributed by atoms with Gasteiger partial charge in [-0.1, -0.05) is 6.92 Å². The zero-order chi connectivity index (χ0) is 10.1. The minimum atomic E-state index is -0.893. The van der Waals surface area contributed by atoms with Crippen LogP contribution < -0.4 is 0 Å². The summed E-state index contributed by atoms with van der Waals surface area (Å²) in [5, 5.41) is 0. The van der Waals surface area contributed by atoms with Crippen LogP contribution in [0, 0.1) is 5.92 Å². The molecule has 0 N–H and O–H groups in total. The molecule has 2 rings (SSSR count). The summed E-state index contributed by atoms with van der Waals surface area (Å²) >= 11 is 0. The molecule has 4 heteroatoms. The molecule has 0 aromatic heterocycles. The maximum absolute atomic E-state index is 13.3. The molecular weight excluding hydrogens is 185 g/mol. The van der Waals surface area contributed by atoms with E-state index in [1.165, 1.54) is 4.90 Å². The maximum Gasteiger partial charge on any atom is 0.410 e. The van der Waals surface area contributed by atoms with E-state index in [1.54, 1.807) is 0 Å². The zero-order valence-corrected chi connectivity index (χ0v) is 8.41. The molecule has 2 aliphatic rings. The minimum absolute atomic E-state index is 0.0694. The number of amides is 1. The molecule has 3 nitrogen and oxygen atoms in total. The quantitative estimate of drug-likeness (QED) is 0.649. The first kappa shape index (κ1) is 9.74. The van der Waals surface area contributed by atoms with Crippen LogP contribution in [0.4, 0.5) is 9.18 Å². The summed E-state index contributed by atoms with van der Waals surface area (Å²) in [7, 11) is 0. The van der Waals surface area contributed by atoms with E-state index in [9.17, 15) is 9.18 Å². The lowest BCUT2D eigenvalue weighted by molar-refractivity contribution is 0.0555. The van der Waals surface area contributed by atoms with Crippen molar-refractivity contribution in [1.29, 1.82) is 0 Å². The van der Waals surface area contributed by atoms with Gasteiger partial charge in [0.2, 0.25) is 0 Å². The molecule has 2 atom stereocenters. The third kappa shape index (κ3) is 2.16. The lowest BCUT2D eigenvalue weighted by Crippen LogP contribution is -2.44. The largest absolute Gasteiger partial charge is 0.446 e. The molecule has 0 radical (unpaired) electrons. The van der Waals surface area contributed by atoms with E-state index in [1.807, 2.05) is 6.92 Å². The number of piperidine rings is 1. The fourth-order valence-corrected chi connectivity index (χ4v) is 1.59. The molecule has 1 saturated heterocycles. The Kier molecular flexibility index (Phi) is 2.61. The second-order valence-corrected chi connectivity index (χ2v) is 4.31. The maximum atomic E-state index is 13.3. The van der Waals surface area contributed by atoms with Gasteiger partial charge in [0.1, 0.15) is 12.3 Å². The van der Waals surface area contributed by atoms with Crippen LogP contribution in [0.25, 0.3) is 0 Å². The number of rotatable bonds is 1. The van der Waals surface area contributed by atoms with Gasteiger partial charge in [-0.25, -0.2) is 9.18 Å². The van der Waals surface area contributed by atoms with Crippen molar-refractivity contribution in [3.63, 3.8) is 0 Å². The summed E-state index contributed by atoms with van der Waals surface area (Å²) in [6, 6.07) is 0. The van der Waals surface area contributed by atoms with Crippen LogP contribution in [0.2, 0.25) is 0 Å². The van der Waals surface area contributed by atoms with Gasteiger partial charge in [0.25, 0.3) is 0 Å². The third-order valence-electron chi connectivity index (χ3n) is 2.92. The van der Waals surface area contributed by atoms with Gasteiger partial charge in [0.05, 0.1) is 6.54 Å². The van der Waals surface area contributed by atoms with Gasteiger partial charge in [0.15, 0.2) is 0 Å². The van der Waals surface area contributed by atoms with E-state index >= 15 is 0 Å². The van der Waals surface area contributed by atoms with Crippen LogP contribution in [0.5, 0.6) is 0 Å². The number of nitrogens with zero attached hydrogens (tertiary/aromatic N) is 1. The number of hydrogen-bond acceptors (Lipinski definition) is 2. The van der Waals surface area contributed by atoms with E-state index in [2.05, 4.69) is 0 Å². The topological polar surface area (TPSA) is 29.5 Å². The molecule has 0 aromatic carbocycles. The average molecular weight is 201 g/mol. The second kappa shape index (κ2) is 3.75. The van der Waals surface area contributed by atoms with Gasteiger partial charge in [-0.05, 0) is 25.2 Å². The molecule has 0 spiro atoms. The van der Waals surface area contributed by atoms with Gasteiger partial charge in [-0.3, -0.25) is 0 Å². The van der Waals surface area contributed by atoms with Gasteiger partial charge in [0, 0.05) is 6.54 Å². The Hall–Kier alpha value is -0.800. The Balaban J connectivity index is 1.82. The third-order valence-corrected chi connectivity index (χ3v) is 2.92. The molecule has 0 aromatic rings. The molecule has 1 heterocycles. The SMILES string of the molecule is CC1CCN(C(=O)OC2CC2)CC1F. The van der Waals surface area contributed by atoms with Gasteiger partial charge >= 0.3 is 6.09 Å². The van der Waals surface area contributed by atoms with E-state index in [4.69, 9.17) is 4.74 Å². The number of halogens is 1. The molecule has 2 unspecified atom stereocenters. The van der Waals surface area contributed by atoms with Gasteiger partial charge < -0.3 is 9.64 Å². The predicted molar refractivity (Wildman–Crippen MR) is 49.8 cm³/mol. The first-order valence-corrected chi connectivity index (χ1v) is 5.26. The van der Waals surface area contributed by atoms with Gasteiger partial charge in [-0.15, -0.1) is 0 Å². The van der Waals surface area contributed by atoms with Crippen molar-refractivity contribution >= 4 is 6.09 Å². The first-order valence-electron chi connectivity index (χ1n) is 5.26. The molecule has 1 amide bonds. The summed E-state index contributed by atoms with van der Waals surface area (Å²) < 4.78 is 18.4. The monoisotopic (exact) mass is 201 g/mol. The van der Waals surface area contributed by atoms with Crippen molar-refractivity contribution in [3.05, 3.63) is 0 Å². The minimum Gasteiger partial charge on any atom is -0.446 e. The van der Waals surface area contributed by atoms with E-state index in [0.717, 1.165) is 19.3 Å². The summed E-state index contributed by atoms with van der Waals surface area (Å²) in [4.78, 5) is 12.9. The lowest BCUT2D eigenvalue weighted by Gasteiger charge is -2.32. The number of carbonyl (C=O) groups is 1. The zero-order valence-electron chi connectivity index (χ0n) is 8.41. The summed E-state index contributed by atoms with van der Waals surface area (Å²) in [6.45, 7) is 2.72. The molecule has 1 aliphatic carbocycles. The normalized spacial score (nSPS) is 32.9. The highest BCUT2D eigenvalue weighted by molar-refractivity contribution is 5.68. The fourth-order valence-electron chi connectivity index (χ4n) is 1.59. The van der Waals surface area contributed by atoms with Crippen molar-refractivity contribution in [2.24, 2.45) is 5.92 Å². The molecule has 14 heavy (non-hydrogen) atoms. The summed E-state index contributed by atoms with van der Waals surface area (Å²) in [5.41, 5.74) is 0. The Bertz CT molecular complexity index is 230. The Morgan fingerprint density at radius 2 is 2.14 bits per heavy atom. The van der Waals surface area contributed by atoms with E-state index in [0.29, 0.717) is 6.54 Å². The first-order chi connectivity index (χ1) is 6.66. The van der Waals surface area contributed by atoms with E-state index in [-0.39, 0.29) is 24.7 Å². The van der Waals surface area contributed by atoms with Crippen molar-refractivity contribution < 1.29 is 13.9 Å². The van der Waals surface area contributed by atoms with Crippen LogP contribution in [0.1, 0.15) is 26.2 Å². The molecule has 80 valence electrons. The van der Waals surface area contributed by atoms with Crippen LogP contribution >= 0.6 is 0 Å². The van der Waals surface area contributed by atoms with Crippen LogP contribution in [0.15, 0.2) is 0 Å². The molecular formula is C10H16FNO2. The highest BCUT2D eigenvalue weighted by atomic mass is 19.1. The smallest absolute Gasteiger partial charge is 0.410 e. The van der Waals surface area contributed by atoms with E-state index < -0.39 is 6.17 Å². The number of alkyl halides is 1. The van der Waals surface area contributed by atoms with Crippen LogP contribution in [0.3, 0.4) is 0 Å². The highest BCUT2D eigenvalue weighted by Gasteiger charge is 2.33. The Morgan fingerprint density at radius 3 is 2.71 bits per heavy atom. The van der Waals surface area contributed by atoms with Crippen molar-refractivity contribution in [2.75, 3.05) is 13.1 Å². The molecule has 1 saturated carbocycles. The summed E-state index contributed by atoms with van der Waals surface area (Å²) in [5.74, 6) is 0.0694. The molecule has 1 aliphatic heterocycles.